The fourth-order valence-electron chi connectivity index (χ4n) is 2.92. The molecule has 0 amide bonds. The Morgan fingerprint density at radius 1 is 1.19 bits per heavy atom. The van der Waals surface area contributed by atoms with E-state index in [2.05, 4.69) is 58.6 Å². The highest BCUT2D eigenvalue weighted by Crippen LogP contribution is 2.31. The number of rotatable bonds is 4. The Kier molecular flexibility index (Phi) is 4.48. The molecule has 0 bridgehead atoms. The largest absolute Gasteiger partial charge is 0.382 e. The van der Waals surface area contributed by atoms with Crippen LogP contribution < -0.4 is 5.32 Å². The van der Waals surface area contributed by atoms with E-state index in [1.54, 1.807) is 11.8 Å². The third-order valence-corrected chi connectivity index (χ3v) is 5.17. The van der Waals surface area contributed by atoms with Crippen LogP contribution in [0.25, 0.3) is 0 Å². The lowest BCUT2D eigenvalue weighted by Gasteiger charge is -2.34. The lowest BCUT2D eigenvalue weighted by atomic mass is 9.80. The Morgan fingerprint density at radius 2 is 2.00 bits per heavy atom. The molecule has 1 aromatic heterocycles. The first-order valence-electron chi connectivity index (χ1n) is 7.60. The zero-order chi connectivity index (χ0) is 14.7. The minimum atomic E-state index is 0.599. The Labute approximate surface area is 130 Å². The molecule has 112 valence electrons. The van der Waals surface area contributed by atoms with Crippen LogP contribution in [0.2, 0.25) is 0 Å². The molecule has 0 saturated heterocycles. The first-order chi connectivity index (χ1) is 10.2. The molecule has 5 heteroatoms. The molecule has 2 aromatic rings. The van der Waals surface area contributed by atoms with Crippen molar-refractivity contribution in [1.82, 2.24) is 15.2 Å². The van der Waals surface area contributed by atoms with E-state index in [1.165, 1.54) is 36.2 Å². The molecule has 0 aliphatic heterocycles. The van der Waals surface area contributed by atoms with E-state index in [-0.39, 0.29) is 0 Å². The van der Waals surface area contributed by atoms with E-state index in [0.717, 1.165) is 17.0 Å². The lowest BCUT2D eigenvalue weighted by Crippen LogP contribution is -2.33. The van der Waals surface area contributed by atoms with Crippen molar-refractivity contribution in [1.29, 1.82) is 0 Å². The van der Waals surface area contributed by atoms with E-state index in [0.29, 0.717) is 6.04 Å². The van der Waals surface area contributed by atoms with Crippen LogP contribution in [0.15, 0.2) is 40.6 Å². The van der Waals surface area contributed by atoms with E-state index in [9.17, 15) is 0 Å². The summed E-state index contributed by atoms with van der Waals surface area (Å²) in [5, 5.41) is 11.2. The van der Waals surface area contributed by atoms with Gasteiger partial charge in [-0.15, -0.1) is 0 Å². The average Bonchev–Trinajstić information content (AvgIpc) is 2.98. The van der Waals surface area contributed by atoms with Crippen molar-refractivity contribution in [2.24, 2.45) is 11.8 Å². The first-order valence-corrected chi connectivity index (χ1v) is 8.42. The van der Waals surface area contributed by atoms with Crippen molar-refractivity contribution in [3.8, 4) is 0 Å². The van der Waals surface area contributed by atoms with Gasteiger partial charge in [-0.05, 0) is 48.9 Å². The summed E-state index contributed by atoms with van der Waals surface area (Å²) in [6, 6.07) is 9.18. The molecular formula is C16H22N4S. The molecule has 0 radical (unpaired) electrons. The number of benzene rings is 1. The van der Waals surface area contributed by atoms with Gasteiger partial charge in [0.05, 0.1) is 0 Å². The second-order valence-corrected chi connectivity index (χ2v) is 7.13. The monoisotopic (exact) mass is 302 g/mol. The van der Waals surface area contributed by atoms with Gasteiger partial charge in [-0.25, -0.2) is 4.98 Å². The molecule has 1 aromatic carbocycles. The molecule has 3 unspecified atom stereocenters. The number of anilines is 1. The van der Waals surface area contributed by atoms with Gasteiger partial charge in [0.15, 0.2) is 5.16 Å². The third kappa shape index (κ3) is 3.79. The summed E-state index contributed by atoms with van der Waals surface area (Å²) in [6.07, 6.45) is 5.50. The lowest BCUT2D eigenvalue weighted by molar-refractivity contribution is 0.280. The number of aromatic nitrogens is 3. The summed E-state index contributed by atoms with van der Waals surface area (Å²) in [5.41, 5.74) is 1.21. The summed E-state index contributed by atoms with van der Waals surface area (Å²) in [4.78, 5) is 5.30. The normalized spacial score (nSPS) is 25.7. The summed E-state index contributed by atoms with van der Waals surface area (Å²) in [6.45, 7) is 4.72. The Morgan fingerprint density at radius 3 is 2.71 bits per heavy atom. The molecule has 21 heavy (non-hydrogen) atoms. The van der Waals surface area contributed by atoms with E-state index >= 15 is 0 Å². The second kappa shape index (κ2) is 6.52. The van der Waals surface area contributed by atoms with Gasteiger partial charge in [0, 0.05) is 16.6 Å². The predicted octanol–water partition coefficient (Wildman–Crippen LogP) is 4.19. The van der Waals surface area contributed by atoms with Crippen molar-refractivity contribution < 1.29 is 0 Å². The van der Waals surface area contributed by atoms with Crippen LogP contribution in [0.3, 0.4) is 0 Å². The minimum Gasteiger partial charge on any atom is -0.382 e. The Bertz CT molecular complexity index is 552. The van der Waals surface area contributed by atoms with Crippen molar-refractivity contribution in [2.45, 2.75) is 49.2 Å². The maximum Gasteiger partial charge on any atom is 0.188 e. The van der Waals surface area contributed by atoms with Crippen molar-refractivity contribution >= 4 is 17.4 Å². The molecule has 1 aliphatic carbocycles. The molecule has 3 atom stereocenters. The first kappa shape index (κ1) is 14.4. The topological polar surface area (TPSA) is 53.6 Å². The molecule has 3 rings (SSSR count). The number of hydrogen-bond acceptors (Lipinski definition) is 4. The van der Waals surface area contributed by atoms with Crippen LogP contribution >= 0.6 is 11.8 Å². The van der Waals surface area contributed by atoms with E-state index < -0.39 is 0 Å². The smallest absolute Gasteiger partial charge is 0.188 e. The molecule has 1 heterocycles. The van der Waals surface area contributed by atoms with Gasteiger partial charge in [0.1, 0.15) is 6.33 Å². The van der Waals surface area contributed by atoms with Crippen LogP contribution in [0, 0.1) is 11.8 Å². The van der Waals surface area contributed by atoms with Crippen molar-refractivity contribution in [3.63, 3.8) is 0 Å². The summed E-state index contributed by atoms with van der Waals surface area (Å²) >= 11 is 1.59. The summed E-state index contributed by atoms with van der Waals surface area (Å²) in [5.74, 6) is 1.59. The van der Waals surface area contributed by atoms with Crippen molar-refractivity contribution in [2.75, 3.05) is 5.32 Å². The zero-order valence-corrected chi connectivity index (χ0v) is 13.4. The Hall–Kier alpha value is -1.49. The van der Waals surface area contributed by atoms with Crippen LogP contribution in [-0.2, 0) is 0 Å². The highest BCUT2D eigenvalue weighted by Gasteiger charge is 2.25. The number of nitrogens with zero attached hydrogens (tertiary/aromatic N) is 2. The maximum atomic E-state index is 4.13. The van der Waals surface area contributed by atoms with E-state index in [4.69, 9.17) is 0 Å². The number of H-pyrrole nitrogens is 1. The predicted molar refractivity (Wildman–Crippen MR) is 86.5 cm³/mol. The van der Waals surface area contributed by atoms with Crippen LogP contribution in [-0.4, -0.2) is 21.2 Å². The van der Waals surface area contributed by atoms with Crippen LogP contribution in [0.4, 0.5) is 5.69 Å². The Balaban J connectivity index is 1.61. The molecule has 1 aliphatic rings. The summed E-state index contributed by atoms with van der Waals surface area (Å²) < 4.78 is 0. The quantitative estimate of drug-likeness (QED) is 0.889. The van der Waals surface area contributed by atoms with Gasteiger partial charge in [-0.3, -0.25) is 5.10 Å². The van der Waals surface area contributed by atoms with Gasteiger partial charge in [0.2, 0.25) is 0 Å². The SMILES string of the molecule is CC1CCC(C)C(Nc2ccc(Sc3ncn[nH]3)cc2)C1. The number of aromatic amines is 1. The van der Waals surface area contributed by atoms with Gasteiger partial charge in [-0.2, -0.15) is 5.10 Å². The number of nitrogens with one attached hydrogen (secondary N) is 2. The highest BCUT2D eigenvalue weighted by molar-refractivity contribution is 7.99. The average molecular weight is 302 g/mol. The zero-order valence-electron chi connectivity index (χ0n) is 12.5. The highest BCUT2D eigenvalue weighted by atomic mass is 32.2. The fourth-order valence-corrected chi connectivity index (χ4v) is 3.62. The van der Waals surface area contributed by atoms with E-state index in [1.807, 2.05) is 0 Å². The van der Waals surface area contributed by atoms with Gasteiger partial charge >= 0.3 is 0 Å². The van der Waals surface area contributed by atoms with Crippen LogP contribution in [0.5, 0.6) is 0 Å². The third-order valence-electron chi connectivity index (χ3n) is 4.27. The van der Waals surface area contributed by atoms with Crippen molar-refractivity contribution in [3.05, 3.63) is 30.6 Å². The molecule has 0 spiro atoms. The minimum absolute atomic E-state index is 0.599. The molecule has 4 nitrogen and oxygen atoms in total. The van der Waals surface area contributed by atoms with Gasteiger partial charge in [-0.1, -0.05) is 32.0 Å². The van der Waals surface area contributed by atoms with Crippen LogP contribution in [0.1, 0.15) is 33.1 Å². The molecule has 2 N–H and O–H groups in total. The summed E-state index contributed by atoms with van der Waals surface area (Å²) in [7, 11) is 0. The van der Waals surface area contributed by atoms with Gasteiger partial charge in [0.25, 0.3) is 0 Å². The fraction of sp³-hybridized carbons (Fsp3) is 0.500. The standard InChI is InChI=1S/C16H22N4S/c1-11-3-4-12(2)15(9-11)19-13-5-7-14(8-6-13)21-16-17-10-18-20-16/h5-8,10-12,15,19H,3-4,9H2,1-2H3,(H,17,18,20). The number of hydrogen-bond donors (Lipinski definition) is 2. The molecule has 1 saturated carbocycles. The van der Waals surface area contributed by atoms with Gasteiger partial charge < -0.3 is 5.32 Å². The maximum absolute atomic E-state index is 4.13. The molecular weight excluding hydrogens is 280 g/mol. The second-order valence-electron chi connectivity index (χ2n) is 6.06. The molecule has 1 fully saturated rings.